The smallest absolute Gasteiger partial charge is 0.137 e. The Morgan fingerprint density at radius 3 is 3.11 bits per heavy atom. The normalized spacial score (nSPS) is 24.9. The number of likely N-dealkylation sites (tertiary alicyclic amines) is 1. The summed E-state index contributed by atoms with van der Waals surface area (Å²) in [7, 11) is 0. The van der Waals surface area contributed by atoms with E-state index in [1.807, 2.05) is 24.4 Å². The van der Waals surface area contributed by atoms with Crippen LogP contribution in [-0.4, -0.2) is 33.4 Å². The van der Waals surface area contributed by atoms with Crippen molar-refractivity contribution in [2.24, 2.45) is 11.7 Å². The quantitative estimate of drug-likeness (QED) is 0.914. The molecule has 4 heteroatoms. The molecule has 0 aromatic carbocycles. The minimum Gasteiger partial charge on any atom is -0.327 e. The second kappa shape index (κ2) is 5.31. The molecular weight excluding hydrogens is 236 g/mol. The molecule has 19 heavy (non-hydrogen) atoms. The second-order valence-corrected chi connectivity index (χ2v) is 5.55. The molecule has 2 atom stereocenters. The number of nitrogens with two attached hydrogens (primary N) is 1. The molecule has 2 unspecified atom stereocenters. The number of piperidine rings is 1. The van der Waals surface area contributed by atoms with Gasteiger partial charge >= 0.3 is 0 Å². The lowest BCUT2D eigenvalue weighted by Crippen LogP contribution is -2.46. The van der Waals surface area contributed by atoms with Crippen molar-refractivity contribution in [3.05, 3.63) is 36.3 Å². The van der Waals surface area contributed by atoms with Crippen molar-refractivity contribution >= 4 is 5.65 Å². The van der Waals surface area contributed by atoms with E-state index < -0.39 is 0 Å². The van der Waals surface area contributed by atoms with Gasteiger partial charge in [0.2, 0.25) is 0 Å². The van der Waals surface area contributed by atoms with Crippen LogP contribution in [-0.2, 0) is 6.54 Å². The maximum absolute atomic E-state index is 6.16. The summed E-state index contributed by atoms with van der Waals surface area (Å²) in [5.41, 5.74) is 8.34. The van der Waals surface area contributed by atoms with Crippen molar-refractivity contribution in [1.29, 1.82) is 0 Å². The van der Waals surface area contributed by atoms with Gasteiger partial charge < -0.3 is 10.1 Å². The second-order valence-electron chi connectivity index (χ2n) is 5.55. The summed E-state index contributed by atoms with van der Waals surface area (Å²) < 4.78 is 2.09. The lowest BCUT2D eigenvalue weighted by atomic mass is 9.91. The fraction of sp³-hybridized carbons (Fsp3) is 0.533. The maximum Gasteiger partial charge on any atom is 0.137 e. The molecule has 0 spiro atoms. The minimum atomic E-state index is 0.377. The van der Waals surface area contributed by atoms with Gasteiger partial charge in [-0.15, -0.1) is 0 Å². The molecule has 0 aliphatic carbocycles. The zero-order chi connectivity index (χ0) is 13.2. The highest BCUT2D eigenvalue weighted by molar-refractivity contribution is 5.39. The number of hydrogen-bond donors (Lipinski definition) is 1. The summed E-state index contributed by atoms with van der Waals surface area (Å²) in [6.07, 6.45) is 6.45. The van der Waals surface area contributed by atoms with Gasteiger partial charge in [-0.3, -0.25) is 4.90 Å². The maximum atomic E-state index is 6.16. The molecule has 1 aliphatic rings. The third-order valence-corrected chi connectivity index (χ3v) is 4.20. The van der Waals surface area contributed by atoms with Crippen LogP contribution in [0.4, 0.5) is 0 Å². The van der Waals surface area contributed by atoms with E-state index in [9.17, 15) is 0 Å². The molecular formula is C15H22N4. The van der Waals surface area contributed by atoms with E-state index in [0.717, 1.165) is 37.4 Å². The highest BCUT2D eigenvalue weighted by Crippen LogP contribution is 2.20. The predicted octanol–water partition coefficient (Wildman–Crippen LogP) is 1.89. The van der Waals surface area contributed by atoms with E-state index >= 15 is 0 Å². The Balaban J connectivity index is 1.71. The van der Waals surface area contributed by atoms with Crippen molar-refractivity contribution in [3.8, 4) is 0 Å². The summed E-state index contributed by atoms with van der Waals surface area (Å²) >= 11 is 0. The Morgan fingerprint density at radius 1 is 1.42 bits per heavy atom. The SMILES string of the molecule is CCC1CN(Cc2cn3ccccc3n2)CCC1N. The largest absolute Gasteiger partial charge is 0.327 e. The molecule has 0 saturated carbocycles. The molecule has 2 aromatic rings. The number of aromatic nitrogens is 2. The van der Waals surface area contributed by atoms with E-state index in [0.29, 0.717) is 12.0 Å². The van der Waals surface area contributed by atoms with Gasteiger partial charge in [-0.05, 0) is 24.5 Å². The van der Waals surface area contributed by atoms with E-state index in [2.05, 4.69) is 27.4 Å². The first-order valence-corrected chi connectivity index (χ1v) is 7.17. The topological polar surface area (TPSA) is 46.6 Å². The van der Waals surface area contributed by atoms with Gasteiger partial charge in [-0.2, -0.15) is 0 Å². The number of hydrogen-bond acceptors (Lipinski definition) is 3. The van der Waals surface area contributed by atoms with Crippen LogP contribution in [0, 0.1) is 5.92 Å². The predicted molar refractivity (Wildman–Crippen MR) is 76.8 cm³/mol. The molecule has 3 rings (SSSR count). The fourth-order valence-electron chi connectivity index (χ4n) is 2.99. The average Bonchev–Trinajstić information content (AvgIpc) is 2.83. The molecule has 1 fully saturated rings. The monoisotopic (exact) mass is 258 g/mol. The van der Waals surface area contributed by atoms with E-state index in [1.54, 1.807) is 0 Å². The molecule has 102 valence electrons. The van der Waals surface area contributed by atoms with Crippen LogP contribution in [0.25, 0.3) is 5.65 Å². The van der Waals surface area contributed by atoms with Gasteiger partial charge in [0.15, 0.2) is 0 Å². The van der Waals surface area contributed by atoms with Crippen LogP contribution in [0.3, 0.4) is 0 Å². The Labute approximate surface area is 114 Å². The highest BCUT2D eigenvalue weighted by Gasteiger charge is 2.25. The van der Waals surface area contributed by atoms with Gasteiger partial charge in [0.1, 0.15) is 5.65 Å². The average molecular weight is 258 g/mol. The van der Waals surface area contributed by atoms with Crippen molar-refractivity contribution in [2.75, 3.05) is 13.1 Å². The molecule has 1 aliphatic heterocycles. The first-order chi connectivity index (χ1) is 9.26. The minimum absolute atomic E-state index is 0.377. The summed E-state index contributed by atoms with van der Waals surface area (Å²) in [5.74, 6) is 0.630. The third kappa shape index (κ3) is 2.65. The van der Waals surface area contributed by atoms with Gasteiger partial charge in [0.05, 0.1) is 5.69 Å². The van der Waals surface area contributed by atoms with Crippen LogP contribution in [0.15, 0.2) is 30.6 Å². The molecule has 2 N–H and O–H groups in total. The molecule has 3 heterocycles. The summed E-state index contributed by atoms with van der Waals surface area (Å²) in [6, 6.07) is 6.48. The number of imidazole rings is 1. The van der Waals surface area contributed by atoms with Crippen LogP contribution in [0.1, 0.15) is 25.5 Å². The third-order valence-electron chi connectivity index (χ3n) is 4.20. The number of pyridine rings is 1. The Hall–Kier alpha value is -1.39. The van der Waals surface area contributed by atoms with Crippen LogP contribution in [0.2, 0.25) is 0 Å². The molecule has 0 bridgehead atoms. The number of fused-ring (bicyclic) bond motifs is 1. The van der Waals surface area contributed by atoms with Crippen molar-refractivity contribution in [3.63, 3.8) is 0 Å². The van der Waals surface area contributed by atoms with E-state index in [4.69, 9.17) is 5.73 Å². The van der Waals surface area contributed by atoms with E-state index in [1.165, 1.54) is 6.42 Å². The van der Waals surface area contributed by atoms with E-state index in [-0.39, 0.29) is 0 Å². The Morgan fingerprint density at radius 2 is 2.32 bits per heavy atom. The highest BCUT2D eigenvalue weighted by atomic mass is 15.2. The Bertz CT molecular complexity index is 515. The Kier molecular flexibility index (Phi) is 3.53. The van der Waals surface area contributed by atoms with Crippen molar-refractivity contribution < 1.29 is 0 Å². The summed E-state index contributed by atoms with van der Waals surface area (Å²) in [6.45, 7) is 5.36. The van der Waals surface area contributed by atoms with Crippen LogP contribution >= 0.6 is 0 Å². The van der Waals surface area contributed by atoms with Gasteiger partial charge in [-0.25, -0.2) is 4.98 Å². The van der Waals surface area contributed by atoms with Crippen LogP contribution < -0.4 is 5.73 Å². The number of nitrogens with zero attached hydrogens (tertiary/aromatic N) is 3. The zero-order valence-corrected chi connectivity index (χ0v) is 11.5. The molecule has 0 amide bonds. The van der Waals surface area contributed by atoms with Crippen molar-refractivity contribution in [2.45, 2.75) is 32.4 Å². The summed E-state index contributed by atoms with van der Waals surface area (Å²) in [4.78, 5) is 7.15. The van der Waals surface area contributed by atoms with Gasteiger partial charge in [-0.1, -0.05) is 19.4 Å². The lowest BCUT2D eigenvalue weighted by molar-refractivity contribution is 0.144. The van der Waals surface area contributed by atoms with Gasteiger partial charge in [0.25, 0.3) is 0 Å². The van der Waals surface area contributed by atoms with Crippen molar-refractivity contribution in [1.82, 2.24) is 14.3 Å². The fourth-order valence-corrected chi connectivity index (χ4v) is 2.99. The summed E-state index contributed by atoms with van der Waals surface area (Å²) in [5, 5.41) is 0. The van der Waals surface area contributed by atoms with Gasteiger partial charge in [0, 0.05) is 38.1 Å². The van der Waals surface area contributed by atoms with Crippen LogP contribution in [0.5, 0.6) is 0 Å². The first kappa shape index (κ1) is 12.6. The molecule has 2 aromatic heterocycles. The first-order valence-electron chi connectivity index (χ1n) is 7.17. The molecule has 0 radical (unpaired) electrons. The standard InChI is InChI=1S/C15H22N4/c1-2-12-9-18(8-6-14(12)16)10-13-11-19-7-4-3-5-15(19)17-13/h3-5,7,11-12,14H,2,6,8-10,16H2,1H3. The number of rotatable bonds is 3. The molecule has 1 saturated heterocycles. The zero-order valence-electron chi connectivity index (χ0n) is 11.5. The molecule has 4 nitrogen and oxygen atoms in total. The lowest BCUT2D eigenvalue weighted by Gasteiger charge is -2.36.